The lowest BCUT2D eigenvalue weighted by atomic mass is 10.0. The second-order valence-corrected chi connectivity index (χ2v) is 12.2. The van der Waals surface area contributed by atoms with Gasteiger partial charge in [0.15, 0.2) is 0 Å². The number of piperidine rings is 1. The SMILES string of the molecule is CCOc1cccc2sc(-n3nc(C)cc3NC(=O)c3ccc(S(=O)(=O)N4CCCCC4CC)cc3)nc12. The van der Waals surface area contributed by atoms with Crippen LogP contribution >= 0.6 is 11.3 Å². The molecule has 1 unspecified atom stereocenters. The van der Waals surface area contributed by atoms with Crippen molar-refractivity contribution in [1.29, 1.82) is 0 Å². The van der Waals surface area contributed by atoms with E-state index in [0.717, 1.165) is 41.6 Å². The van der Waals surface area contributed by atoms with Crippen molar-refractivity contribution in [3.05, 3.63) is 59.8 Å². The van der Waals surface area contributed by atoms with E-state index in [0.29, 0.717) is 35.4 Å². The summed E-state index contributed by atoms with van der Waals surface area (Å²) in [4.78, 5) is 18.1. The smallest absolute Gasteiger partial charge is 0.256 e. The van der Waals surface area contributed by atoms with Gasteiger partial charge in [0, 0.05) is 24.2 Å². The molecule has 0 bridgehead atoms. The molecule has 11 heteroatoms. The molecule has 1 aliphatic rings. The van der Waals surface area contributed by atoms with E-state index in [-0.39, 0.29) is 16.8 Å². The van der Waals surface area contributed by atoms with Crippen LogP contribution in [-0.4, -0.2) is 52.6 Å². The molecule has 2 aromatic heterocycles. The Bertz CT molecular complexity index is 1560. The standard InChI is InChI=1S/C27H31N5O4S2/c1-4-20-9-6-7-16-31(20)38(34,35)21-14-12-19(13-15-21)26(33)28-24-17-18(3)30-32(24)27-29-25-22(36-5-2)10-8-11-23(25)37-27/h8,10-15,17,20H,4-7,9,16H2,1-3H3,(H,28,33). The minimum atomic E-state index is -3.61. The van der Waals surface area contributed by atoms with E-state index >= 15 is 0 Å². The molecule has 1 N–H and O–H groups in total. The number of fused-ring (bicyclic) bond motifs is 1. The van der Waals surface area contributed by atoms with Crippen LogP contribution in [0.1, 0.15) is 55.6 Å². The molecule has 9 nitrogen and oxygen atoms in total. The Morgan fingerprint density at radius 2 is 1.95 bits per heavy atom. The summed E-state index contributed by atoms with van der Waals surface area (Å²) >= 11 is 1.45. The number of nitrogens with one attached hydrogen (secondary N) is 1. The zero-order valence-corrected chi connectivity index (χ0v) is 23.3. The molecule has 1 saturated heterocycles. The van der Waals surface area contributed by atoms with Gasteiger partial charge in [0.2, 0.25) is 15.2 Å². The number of sulfonamides is 1. The minimum Gasteiger partial charge on any atom is -0.492 e. The fourth-order valence-corrected chi connectivity index (χ4v) is 7.53. The van der Waals surface area contributed by atoms with Gasteiger partial charge in [-0.25, -0.2) is 13.4 Å². The predicted molar refractivity (Wildman–Crippen MR) is 149 cm³/mol. The average molecular weight is 554 g/mol. The number of carbonyl (C=O) groups is 1. The normalized spacial score (nSPS) is 16.6. The maximum atomic E-state index is 13.3. The van der Waals surface area contributed by atoms with Gasteiger partial charge in [-0.05, 0) is 69.5 Å². The third-order valence-electron chi connectivity index (χ3n) is 6.69. The molecular weight excluding hydrogens is 522 g/mol. The predicted octanol–water partition coefficient (Wildman–Crippen LogP) is 5.39. The first-order chi connectivity index (χ1) is 18.3. The van der Waals surface area contributed by atoms with Crippen molar-refractivity contribution in [2.45, 2.75) is 57.4 Å². The third kappa shape index (κ3) is 5.05. The van der Waals surface area contributed by atoms with Crippen LogP contribution in [0.3, 0.4) is 0 Å². The van der Waals surface area contributed by atoms with E-state index < -0.39 is 10.0 Å². The lowest BCUT2D eigenvalue weighted by Crippen LogP contribution is -2.43. The van der Waals surface area contributed by atoms with E-state index in [4.69, 9.17) is 9.72 Å². The number of aromatic nitrogens is 3. The topological polar surface area (TPSA) is 106 Å². The summed E-state index contributed by atoms with van der Waals surface area (Å²) in [5.41, 5.74) is 1.82. The highest BCUT2D eigenvalue weighted by molar-refractivity contribution is 7.89. The molecule has 1 aliphatic heterocycles. The number of amides is 1. The number of carbonyl (C=O) groups excluding carboxylic acids is 1. The van der Waals surface area contributed by atoms with E-state index in [1.54, 1.807) is 27.2 Å². The summed E-state index contributed by atoms with van der Waals surface area (Å²) in [5.74, 6) is 0.808. The second-order valence-electron chi connectivity index (χ2n) is 9.27. The molecular formula is C27H31N5O4S2. The molecule has 1 atom stereocenters. The monoisotopic (exact) mass is 553 g/mol. The van der Waals surface area contributed by atoms with Gasteiger partial charge < -0.3 is 10.1 Å². The Kier molecular flexibility index (Phi) is 7.51. The Morgan fingerprint density at radius 1 is 1.16 bits per heavy atom. The lowest BCUT2D eigenvalue weighted by molar-refractivity contribution is 0.102. The van der Waals surface area contributed by atoms with Crippen LogP contribution in [0.25, 0.3) is 15.3 Å². The van der Waals surface area contributed by atoms with Crippen LogP contribution < -0.4 is 10.1 Å². The van der Waals surface area contributed by atoms with Crippen molar-refractivity contribution < 1.29 is 17.9 Å². The molecule has 4 aromatic rings. The summed E-state index contributed by atoms with van der Waals surface area (Å²) in [6.07, 6.45) is 3.58. The van der Waals surface area contributed by atoms with Gasteiger partial charge in [-0.15, -0.1) is 0 Å². The van der Waals surface area contributed by atoms with Crippen molar-refractivity contribution in [2.75, 3.05) is 18.5 Å². The largest absolute Gasteiger partial charge is 0.492 e. The maximum Gasteiger partial charge on any atom is 0.256 e. The number of hydrogen-bond donors (Lipinski definition) is 1. The Balaban J connectivity index is 1.38. The van der Waals surface area contributed by atoms with Gasteiger partial charge in [-0.2, -0.15) is 14.1 Å². The molecule has 2 aromatic carbocycles. The number of para-hydroxylation sites is 1. The zero-order chi connectivity index (χ0) is 26.9. The van der Waals surface area contributed by atoms with Gasteiger partial charge >= 0.3 is 0 Å². The number of nitrogens with zero attached hydrogens (tertiary/aromatic N) is 4. The van der Waals surface area contributed by atoms with Gasteiger partial charge in [-0.1, -0.05) is 30.7 Å². The van der Waals surface area contributed by atoms with Crippen LogP contribution in [0.5, 0.6) is 5.75 Å². The maximum absolute atomic E-state index is 13.3. The minimum absolute atomic E-state index is 0.0207. The number of benzene rings is 2. The van der Waals surface area contributed by atoms with Gasteiger partial charge in [-0.3, -0.25) is 4.79 Å². The molecule has 38 heavy (non-hydrogen) atoms. The van der Waals surface area contributed by atoms with Crippen LogP contribution in [0.2, 0.25) is 0 Å². The Morgan fingerprint density at radius 3 is 2.68 bits per heavy atom. The molecule has 5 rings (SSSR count). The fourth-order valence-electron chi connectivity index (χ4n) is 4.81. The summed E-state index contributed by atoms with van der Waals surface area (Å²) in [7, 11) is -3.61. The van der Waals surface area contributed by atoms with Crippen LogP contribution in [-0.2, 0) is 10.0 Å². The van der Waals surface area contributed by atoms with Gasteiger partial charge in [0.05, 0.1) is 21.9 Å². The van der Waals surface area contributed by atoms with Gasteiger partial charge in [0.1, 0.15) is 17.1 Å². The number of thiazole rings is 1. The van der Waals surface area contributed by atoms with Crippen molar-refractivity contribution >= 4 is 43.3 Å². The Labute approximate surface area is 226 Å². The first-order valence-corrected chi connectivity index (χ1v) is 15.1. The van der Waals surface area contributed by atoms with E-state index in [2.05, 4.69) is 10.4 Å². The summed E-state index contributed by atoms with van der Waals surface area (Å²) in [5, 5.41) is 8.04. The summed E-state index contributed by atoms with van der Waals surface area (Å²) in [6, 6.07) is 13.7. The van der Waals surface area contributed by atoms with E-state index in [9.17, 15) is 13.2 Å². The van der Waals surface area contributed by atoms with Crippen molar-refractivity contribution in [1.82, 2.24) is 19.1 Å². The summed E-state index contributed by atoms with van der Waals surface area (Å²) < 4.78 is 36.4. The van der Waals surface area contributed by atoms with Crippen molar-refractivity contribution in [3.63, 3.8) is 0 Å². The fraction of sp³-hybridized carbons (Fsp3) is 0.370. The average Bonchev–Trinajstić information content (AvgIpc) is 3.52. The van der Waals surface area contributed by atoms with Gasteiger partial charge in [0.25, 0.3) is 5.91 Å². The van der Waals surface area contributed by atoms with E-state index in [1.165, 1.54) is 23.5 Å². The highest BCUT2D eigenvalue weighted by atomic mass is 32.2. The highest BCUT2D eigenvalue weighted by Gasteiger charge is 2.32. The number of rotatable bonds is 8. The molecule has 200 valence electrons. The number of aryl methyl sites for hydroxylation is 1. The molecule has 0 saturated carbocycles. The van der Waals surface area contributed by atoms with Crippen LogP contribution in [0, 0.1) is 6.92 Å². The number of anilines is 1. The molecule has 1 amide bonds. The zero-order valence-electron chi connectivity index (χ0n) is 21.7. The first-order valence-electron chi connectivity index (χ1n) is 12.8. The second kappa shape index (κ2) is 10.8. The van der Waals surface area contributed by atoms with Crippen molar-refractivity contribution in [3.8, 4) is 10.9 Å². The quantitative estimate of drug-likeness (QED) is 0.313. The van der Waals surface area contributed by atoms with E-state index in [1.807, 2.05) is 39.0 Å². The highest BCUT2D eigenvalue weighted by Crippen LogP contribution is 2.33. The lowest BCUT2D eigenvalue weighted by Gasteiger charge is -2.34. The van der Waals surface area contributed by atoms with Crippen LogP contribution in [0.4, 0.5) is 5.82 Å². The molecule has 1 fully saturated rings. The number of ether oxygens (including phenoxy) is 1. The van der Waals surface area contributed by atoms with Crippen LogP contribution in [0.15, 0.2) is 53.4 Å². The summed E-state index contributed by atoms with van der Waals surface area (Å²) in [6.45, 7) is 6.85. The molecule has 0 spiro atoms. The third-order valence-corrected chi connectivity index (χ3v) is 9.65. The van der Waals surface area contributed by atoms with Crippen molar-refractivity contribution in [2.24, 2.45) is 0 Å². The number of hydrogen-bond acceptors (Lipinski definition) is 7. The molecule has 0 aliphatic carbocycles. The first kappa shape index (κ1) is 26.3. The molecule has 0 radical (unpaired) electrons. The Hall–Kier alpha value is -3.28. The molecule has 3 heterocycles.